The summed E-state index contributed by atoms with van der Waals surface area (Å²) in [6, 6.07) is 7.11. The smallest absolute Gasteiger partial charge is 0.251 e. The van der Waals surface area contributed by atoms with Gasteiger partial charge in [-0.3, -0.25) is 4.79 Å². The zero-order valence-electron chi connectivity index (χ0n) is 10.2. The van der Waals surface area contributed by atoms with Crippen molar-refractivity contribution >= 4 is 11.6 Å². The molecule has 0 spiro atoms. The fraction of sp³-hybridized carbons (Fsp3) is 0.0769. The Bertz CT molecular complexity index is 644. The highest BCUT2D eigenvalue weighted by molar-refractivity contribution is 5.93. The Hall–Kier alpha value is -2.63. The summed E-state index contributed by atoms with van der Waals surface area (Å²) in [5.74, 6) is -1.22. The van der Waals surface area contributed by atoms with Crippen LogP contribution in [0.2, 0.25) is 0 Å². The Kier molecular flexibility index (Phi) is 3.33. The minimum atomic E-state index is -0.836. The summed E-state index contributed by atoms with van der Waals surface area (Å²) in [5.41, 5.74) is 11.6. The van der Waals surface area contributed by atoms with E-state index < -0.39 is 11.7 Å². The third kappa shape index (κ3) is 2.79. The van der Waals surface area contributed by atoms with Crippen molar-refractivity contribution in [2.45, 2.75) is 6.92 Å². The number of hydrogen-bond acceptors (Lipinski definition) is 4. The summed E-state index contributed by atoms with van der Waals surface area (Å²) in [7, 11) is 0. The van der Waals surface area contributed by atoms with Crippen molar-refractivity contribution < 1.29 is 13.9 Å². The van der Waals surface area contributed by atoms with E-state index in [1.165, 1.54) is 12.1 Å². The molecule has 4 N–H and O–H groups in total. The highest BCUT2D eigenvalue weighted by Crippen LogP contribution is 2.26. The number of benzene rings is 1. The van der Waals surface area contributed by atoms with Crippen molar-refractivity contribution in [3.8, 4) is 11.6 Å². The number of primary amides is 1. The highest BCUT2D eigenvalue weighted by Gasteiger charge is 2.11. The number of nitrogens with two attached hydrogens (primary N) is 2. The topological polar surface area (TPSA) is 91.2 Å². The number of pyridine rings is 1. The summed E-state index contributed by atoms with van der Waals surface area (Å²) in [6.45, 7) is 1.78. The molecule has 19 heavy (non-hydrogen) atoms. The zero-order valence-corrected chi connectivity index (χ0v) is 10.2. The largest absolute Gasteiger partial charge is 0.437 e. The van der Waals surface area contributed by atoms with Crippen molar-refractivity contribution in [3.05, 3.63) is 47.4 Å². The van der Waals surface area contributed by atoms with Crippen LogP contribution in [0.5, 0.6) is 11.6 Å². The molecule has 0 saturated carbocycles. The number of aromatic nitrogens is 1. The summed E-state index contributed by atoms with van der Waals surface area (Å²) in [6.07, 6.45) is 0. The number of carbonyl (C=O) groups excluding carboxylic acids is 1. The number of nitrogen functional groups attached to an aromatic ring is 1. The van der Waals surface area contributed by atoms with Gasteiger partial charge in [-0.15, -0.1) is 0 Å². The number of rotatable bonds is 3. The summed E-state index contributed by atoms with van der Waals surface area (Å²) < 4.78 is 18.9. The lowest BCUT2D eigenvalue weighted by Crippen LogP contribution is -2.12. The lowest BCUT2D eigenvalue weighted by Gasteiger charge is -2.08. The Morgan fingerprint density at radius 1 is 1.32 bits per heavy atom. The predicted molar refractivity (Wildman–Crippen MR) is 68.4 cm³/mol. The van der Waals surface area contributed by atoms with E-state index in [9.17, 15) is 9.18 Å². The van der Waals surface area contributed by atoms with Gasteiger partial charge < -0.3 is 16.2 Å². The van der Waals surface area contributed by atoms with E-state index >= 15 is 0 Å². The number of hydrogen-bond donors (Lipinski definition) is 2. The average molecular weight is 261 g/mol. The van der Waals surface area contributed by atoms with Crippen LogP contribution in [-0.4, -0.2) is 10.9 Å². The zero-order chi connectivity index (χ0) is 14.0. The fourth-order valence-corrected chi connectivity index (χ4v) is 1.50. The first kappa shape index (κ1) is 12.8. The third-order valence-electron chi connectivity index (χ3n) is 2.45. The summed E-state index contributed by atoms with van der Waals surface area (Å²) in [4.78, 5) is 15.0. The molecule has 0 saturated heterocycles. The number of aryl methyl sites for hydroxylation is 1. The van der Waals surface area contributed by atoms with Gasteiger partial charge in [-0.25, -0.2) is 9.37 Å². The maximum atomic E-state index is 13.6. The molecule has 0 atom stereocenters. The van der Waals surface area contributed by atoms with Crippen LogP contribution in [0, 0.1) is 12.7 Å². The highest BCUT2D eigenvalue weighted by atomic mass is 19.1. The normalized spacial score (nSPS) is 10.2. The third-order valence-corrected chi connectivity index (χ3v) is 2.45. The van der Waals surface area contributed by atoms with Gasteiger partial charge in [0, 0.05) is 11.8 Å². The van der Waals surface area contributed by atoms with Gasteiger partial charge in [0.1, 0.15) is 11.6 Å². The average Bonchev–Trinajstić information content (AvgIpc) is 2.33. The van der Waals surface area contributed by atoms with Crippen molar-refractivity contribution in [3.63, 3.8) is 0 Å². The van der Waals surface area contributed by atoms with Crippen molar-refractivity contribution in [1.29, 1.82) is 0 Å². The van der Waals surface area contributed by atoms with E-state index in [0.717, 1.165) is 11.8 Å². The molecule has 2 aromatic rings. The molecule has 0 radical (unpaired) electrons. The van der Waals surface area contributed by atoms with Gasteiger partial charge in [-0.2, -0.15) is 0 Å². The Morgan fingerprint density at radius 3 is 2.68 bits per heavy atom. The van der Waals surface area contributed by atoms with Gasteiger partial charge in [0.25, 0.3) is 5.91 Å². The van der Waals surface area contributed by atoms with Crippen molar-refractivity contribution in [1.82, 2.24) is 4.98 Å². The van der Waals surface area contributed by atoms with Crippen LogP contribution < -0.4 is 16.2 Å². The molecule has 98 valence electrons. The molecular weight excluding hydrogens is 249 g/mol. The van der Waals surface area contributed by atoms with Crippen LogP contribution >= 0.6 is 0 Å². The standard InChI is InChI=1S/C13H12FN3O2/c1-7-2-5-11(15)13(17-7)19-8-3-4-9(12(16)18)10(14)6-8/h2-6H,15H2,1H3,(H2,16,18). The molecule has 1 heterocycles. The SMILES string of the molecule is Cc1ccc(N)c(Oc2ccc(C(N)=O)c(F)c2)n1. The molecule has 0 aliphatic rings. The minimum Gasteiger partial charge on any atom is -0.437 e. The second-order valence-electron chi connectivity index (χ2n) is 3.95. The molecular formula is C13H12FN3O2. The molecule has 2 rings (SSSR count). The van der Waals surface area contributed by atoms with E-state index in [0.29, 0.717) is 5.69 Å². The number of carbonyl (C=O) groups is 1. The first-order chi connectivity index (χ1) is 8.97. The number of nitrogens with zero attached hydrogens (tertiary/aromatic N) is 1. The van der Waals surface area contributed by atoms with Gasteiger partial charge in [-0.05, 0) is 31.2 Å². The summed E-state index contributed by atoms with van der Waals surface area (Å²) in [5, 5.41) is 0. The van der Waals surface area contributed by atoms with Gasteiger partial charge in [-0.1, -0.05) is 0 Å². The molecule has 1 aromatic carbocycles. The van der Waals surface area contributed by atoms with Crippen molar-refractivity contribution in [2.24, 2.45) is 5.73 Å². The van der Waals surface area contributed by atoms with Crippen LogP contribution in [0.15, 0.2) is 30.3 Å². The quantitative estimate of drug-likeness (QED) is 0.884. The van der Waals surface area contributed by atoms with E-state index in [2.05, 4.69) is 4.98 Å². The lowest BCUT2D eigenvalue weighted by molar-refractivity contribution is 0.0996. The van der Waals surface area contributed by atoms with E-state index in [1.807, 2.05) is 0 Å². The molecule has 0 bridgehead atoms. The number of ether oxygens (including phenoxy) is 1. The summed E-state index contributed by atoms with van der Waals surface area (Å²) >= 11 is 0. The Morgan fingerprint density at radius 2 is 2.05 bits per heavy atom. The molecule has 0 fully saturated rings. The van der Waals surface area contributed by atoms with Crippen LogP contribution in [-0.2, 0) is 0 Å². The van der Waals surface area contributed by atoms with Crippen LogP contribution in [0.25, 0.3) is 0 Å². The second-order valence-corrected chi connectivity index (χ2v) is 3.95. The predicted octanol–water partition coefficient (Wildman–Crippen LogP) is 2.00. The maximum Gasteiger partial charge on any atom is 0.251 e. The Labute approximate surface area is 109 Å². The fourth-order valence-electron chi connectivity index (χ4n) is 1.50. The molecule has 0 aliphatic heterocycles. The van der Waals surface area contributed by atoms with Crippen LogP contribution in [0.3, 0.4) is 0 Å². The number of amides is 1. The van der Waals surface area contributed by atoms with Gasteiger partial charge >= 0.3 is 0 Å². The molecule has 1 aromatic heterocycles. The first-order valence-corrected chi connectivity index (χ1v) is 5.47. The lowest BCUT2D eigenvalue weighted by atomic mass is 10.2. The number of halogens is 1. The van der Waals surface area contributed by atoms with Crippen LogP contribution in [0.4, 0.5) is 10.1 Å². The van der Waals surface area contributed by atoms with Crippen molar-refractivity contribution in [2.75, 3.05) is 5.73 Å². The first-order valence-electron chi connectivity index (χ1n) is 5.47. The van der Waals surface area contributed by atoms with E-state index in [4.69, 9.17) is 16.2 Å². The monoisotopic (exact) mass is 261 g/mol. The van der Waals surface area contributed by atoms with E-state index in [-0.39, 0.29) is 17.2 Å². The molecule has 5 nitrogen and oxygen atoms in total. The Balaban J connectivity index is 2.31. The van der Waals surface area contributed by atoms with E-state index in [1.54, 1.807) is 19.1 Å². The number of anilines is 1. The maximum absolute atomic E-state index is 13.6. The van der Waals surface area contributed by atoms with Gasteiger partial charge in [0.2, 0.25) is 5.88 Å². The van der Waals surface area contributed by atoms with Crippen LogP contribution in [0.1, 0.15) is 16.1 Å². The molecule has 1 amide bonds. The van der Waals surface area contributed by atoms with Gasteiger partial charge in [0.05, 0.1) is 11.3 Å². The second kappa shape index (κ2) is 4.93. The molecule has 0 aliphatic carbocycles. The molecule has 0 unspecified atom stereocenters. The molecule has 6 heteroatoms. The van der Waals surface area contributed by atoms with Gasteiger partial charge in [0.15, 0.2) is 0 Å². The minimum absolute atomic E-state index is 0.186.